The maximum atomic E-state index is 13.9. The normalized spacial score (nSPS) is 19.0. The Kier molecular flexibility index (Phi) is 5.20. The van der Waals surface area contributed by atoms with E-state index in [9.17, 15) is 9.18 Å². The van der Waals surface area contributed by atoms with Gasteiger partial charge in [-0.05, 0) is 30.4 Å². The minimum absolute atomic E-state index is 0.108. The summed E-state index contributed by atoms with van der Waals surface area (Å²) in [5, 5.41) is 12.0. The van der Waals surface area contributed by atoms with Crippen molar-refractivity contribution in [2.75, 3.05) is 19.6 Å². The van der Waals surface area contributed by atoms with Crippen LogP contribution in [0.15, 0.2) is 24.3 Å². The maximum absolute atomic E-state index is 13.9. The molecule has 1 fully saturated rings. The van der Waals surface area contributed by atoms with Crippen LogP contribution in [0.3, 0.4) is 0 Å². The van der Waals surface area contributed by atoms with Gasteiger partial charge in [0.15, 0.2) is 0 Å². The fourth-order valence-corrected chi connectivity index (χ4v) is 4.18. The number of aromatic nitrogens is 3. The van der Waals surface area contributed by atoms with E-state index in [1.54, 1.807) is 12.1 Å². The molecule has 144 valence electrons. The van der Waals surface area contributed by atoms with Gasteiger partial charge in [-0.1, -0.05) is 25.1 Å². The number of fused-ring (bicyclic) bond motifs is 1. The predicted octanol–water partition coefficient (Wildman–Crippen LogP) is 2.42. The average molecular weight is 371 g/mol. The van der Waals surface area contributed by atoms with Crippen LogP contribution >= 0.6 is 0 Å². The minimum atomic E-state index is -0.234. The summed E-state index contributed by atoms with van der Waals surface area (Å²) in [6.07, 6.45) is 2.16. The molecule has 27 heavy (non-hydrogen) atoms. The average Bonchev–Trinajstić information content (AvgIpc) is 3.12. The van der Waals surface area contributed by atoms with Crippen LogP contribution in [0.2, 0.25) is 0 Å². The third-order valence-corrected chi connectivity index (χ3v) is 5.78. The van der Waals surface area contributed by atoms with Crippen LogP contribution in [0.4, 0.5) is 4.39 Å². The molecule has 0 bridgehead atoms. The van der Waals surface area contributed by atoms with Crippen molar-refractivity contribution >= 4 is 5.91 Å². The number of rotatable bonds is 4. The zero-order chi connectivity index (χ0) is 18.8. The van der Waals surface area contributed by atoms with Crippen molar-refractivity contribution in [3.05, 3.63) is 47.3 Å². The van der Waals surface area contributed by atoms with E-state index in [4.69, 9.17) is 0 Å². The van der Waals surface area contributed by atoms with E-state index in [1.807, 2.05) is 17.9 Å². The molecule has 2 aromatic rings. The highest BCUT2D eigenvalue weighted by atomic mass is 19.1. The van der Waals surface area contributed by atoms with Crippen molar-refractivity contribution in [1.29, 1.82) is 0 Å². The number of carbonyl (C=O) groups excluding carboxylic acids is 1. The van der Waals surface area contributed by atoms with E-state index in [-0.39, 0.29) is 17.6 Å². The van der Waals surface area contributed by atoms with Gasteiger partial charge in [0.25, 0.3) is 0 Å². The molecule has 6 nitrogen and oxygen atoms in total. The number of nitrogens with zero attached hydrogens (tertiary/aromatic N) is 4. The molecule has 1 N–H and O–H groups in total. The zero-order valence-electron chi connectivity index (χ0n) is 15.7. The van der Waals surface area contributed by atoms with Gasteiger partial charge >= 0.3 is 0 Å². The maximum Gasteiger partial charge on any atom is 0.223 e. The van der Waals surface area contributed by atoms with Gasteiger partial charge in [-0.25, -0.2) is 4.39 Å². The Morgan fingerprint density at radius 3 is 2.81 bits per heavy atom. The van der Waals surface area contributed by atoms with Crippen LogP contribution in [0.1, 0.15) is 55.2 Å². The van der Waals surface area contributed by atoms with Gasteiger partial charge in [0.2, 0.25) is 5.91 Å². The molecule has 4 rings (SSSR count). The standard InChI is InChI=1S/C20H26FN5O/c1-14(16-4-2-3-5-17(16)21)12-19(27)25-9-6-15(7-10-25)20-24-23-18-13-22-8-11-26(18)20/h2-5,14-15,22H,6-13H2,1H3. The number of nitrogens with one attached hydrogen (secondary N) is 1. The molecule has 0 saturated carbocycles. The highest BCUT2D eigenvalue weighted by Crippen LogP contribution is 2.29. The number of likely N-dealkylation sites (tertiary alicyclic amines) is 1. The Morgan fingerprint density at radius 2 is 2.04 bits per heavy atom. The minimum Gasteiger partial charge on any atom is -0.343 e. The molecule has 3 heterocycles. The van der Waals surface area contributed by atoms with Crippen molar-refractivity contribution in [2.45, 2.75) is 51.1 Å². The summed E-state index contributed by atoms with van der Waals surface area (Å²) in [6, 6.07) is 6.72. The predicted molar refractivity (Wildman–Crippen MR) is 99.7 cm³/mol. The van der Waals surface area contributed by atoms with Gasteiger partial charge in [0.1, 0.15) is 17.5 Å². The summed E-state index contributed by atoms with van der Waals surface area (Å²) in [4.78, 5) is 14.6. The van der Waals surface area contributed by atoms with Gasteiger partial charge in [-0.3, -0.25) is 4.79 Å². The molecule has 1 saturated heterocycles. The molecule has 0 radical (unpaired) electrons. The summed E-state index contributed by atoms with van der Waals surface area (Å²) in [6.45, 7) is 6.01. The quantitative estimate of drug-likeness (QED) is 0.897. The number of amides is 1. The molecule has 1 amide bonds. The zero-order valence-corrected chi connectivity index (χ0v) is 15.7. The molecule has 2 aliphatic heterocycles. The Bertz CT molecular complexity index is 812. The Morgan fingerprint density at radius 1 is 1.26 bits per heavy atom. The van der Waals surface area contributed by atoms with Crippen LogP contribution in [0.25, 0.3) is 0 Å². The third kappa shape index (κ3) is 3.74. The first kappa shape index (κ1) is 18.1. The molecule has 1 aromatic heterocycles. The molecule has 0 spiro atoms. The number of benzene rings is 1. The van der Waals surface area contributed by atoms with Crippen LogP contribution in [0, 0.1) is 5.82 Å². The largest absolute Gasteiger partial charge is 0.343 e. The van der Waals surface area contributed by atoms with E-state index in [1.165, 1.54) is 6.07 Å². The number of hydrogen-bond acceptors (Lipinski definition) is 4. The fraction of sp³-hybridized carbons (Fsp3) is 0.550. The lowest BCUT2D eigenvalue weighted by Crippen LogP contribution is -2.39. The van der Waals surface area contributed by atoms with Crippen LogP contribution < -0.4 is 5.32 Å². The third-order valence-electron chi connectivity index (χ3n) is 5.78. The lowest BCUT2D eigenvalue weighted by Gasteiger charge is -2.32. The summed E-state index contributed by atoms with van der Waals surface area (Å²) in [5.41, 5.74) is 0.615. The smallest absolute Gasteiger partial charge is 0.223 e. The molecule has 1 aromatic carbocycles. The summed E-state index contributed by atoms with van der Waals surface area (Å²) < 4.78 is 16.2. The number of piperidine rings is 1. The van der Waals surface area contributed by atoms with E-state index < -0.39 is 0 Å². The van der Waals surface area contributed by atoms with Gasteiger partial charge in [0.05, 0.1) is 6.54 Å². The van der Waals surface area contributed by atoms with Crippen LogP contribution in [0.5, 0.6) is 0 Å². The number of hydrogen-bond donors (Lipinski definition) is 1. The second-order valence-electron chi connectivity index (χ2n) is 7.58. The lowest BCUT2D eigenvalue weighted by atomic mass is 9.93. The molecule has 1 atom stereocenters. The summed E-state index contributed by atoms with van der Waals surface area (Å²) >= 11 is 0. The van der Waals surface area contributed by atoms with E-state index in [0.717, 1.165) is 57.2 Å². The topological polar surface area (TPSA) is 63.1 Å². The molecule has 7 heteroatoms. The van der Waals surface area contributed by atoms with Crippen molar-refractivity contribution in [3.8, 4) is 0 Å². The highest BCUT2D eigenvalue weighted by molar-refractivity contribution is 5.77. The van der Waals surface area contributed by atoms with Crippen molar-refractivity contribution in [3.63, 3.8) is 0 Å². The fourth-order valence-electron chi connectivity index (χ4n) is 4.18. The summed E-state index contributed by atoms with van der Waals surface area (Å²) in [5.74, 6) is 2.19. The van der Waals surface area contributed by atoms with Crippen LogP contribution in [-0.2, 0) is 17.9 Å². The molecule has 1 unspecified atom stereocenters. The van der Waals surface area contributed by atoms with Gasteiger partial charge in [-0.2, -0.15) is 0 Å². The van der Waals surface area contributed by atoms with Crippen molar-refractivity contribution in [2.24, 2.45) is 0 Å². The lowest BCUT2D eigenvalue weighted by molar-refractivity contribution is -0.132. The molecule has 2 aliphatic rings. The van der Waals surface area contributed by atoms with Crippen LogP contribution in [-0.4, -0.2) is 45.2 Å². The number of halogens is 1. The van der Waals surface area contributed by atoms with Crippen molar-refractivity contribution < 1.29 is 9.18 Å². The highest BCUT2D eigenvalue weighted by Gasteiger charge is 2.29. The van der Waals surface area contributed by atoms with Gasteiger partial charge in [-0.15, -0.1) is 10.2 Å². The second kappa shape index (κ2) is 7.76. The van der Waals surface area contributed by atoms with E-state index >= 15 is 0 Å². The first-order valence-corrected chi connectivity index (χ1v) is 9.78. The Labute approximate surface area is 158 Å². The second-order valence-corrected chi connectivity index (χ2v) is 7.58. The molecular weight excluding hydrogens is 345 g/mol. The van der Waals surface area contributed by atoms with Crippen molar-refractivity contribution in [1.82, 2.24) is 25.0 Å². The Hall–Kier alpha value is -2.28. The molecular formula is C20H26FN5O. The first-order valence-electron chi connectivity index (χ1n) is 9.78. The SMILES string of the molecule is CC(CC(=O)N1CCC(c2nnc3n2CCNC3)CC1)c1ccccc1F. The Balaban J connectivity index is 1.34. The first-order chi connectivity index (χ1) is 13.1. The van der Waals surface area contributed by atoms with Gasteiger partial charge < -0.3 is 14.8 Å². The van der Waals surface area contributed by atoms with E-state index in [0.29, 0.717) is 17.9 Å². The van der Waals surface area contributed by atoms with E-state index in [2.05, 4.69) is 20.1 Å². The molecule has 0 aliphatic carbocycles. The number of carbonyl (C=O) groups is 1. The van der Waals surface area contributed by atoms with Gasteiger partial charge in [0, 0.05) is 38.5 Å². The monoisotopic (exact) mass is 371 g/mol. The summed E-state index contributed by atoms with van der Waals surface area (Å²) in [7, 11) is 0.